The van der Waals surface area contributed by atoms with Crippen molar-refractivity contribution >= 4 is 33.4 Å². The van der Waals surface area contributed by atoms with Crippen LogP contribution in [0.1, 0.15) is 12.0 Å². The Morgan fingerprint density at radius 3 is 2.39 bits per heavy atom. The molecule has 2 rings (SSSR count). The summed E-state index contributed by atoms with van der Waals surface area (Å²) in [7, 11) is -3.68. The van der Waals surface area contributed by atoms with Crippen LogP contribution in [0.5, 0.6) is 0 Å². The number of sulfonamides is 1. The number of primary sulfonamides is 1. The first-order valence-corrected chi connectivity index (χ1v) is 9.72. The normalized spacial score (nSPS) is 11.2. The maximum Gasteiger partial charge on any atom is 0.238 e. The third-order valence-corrected chi connectivity index (χ3v) is 5.00. The molecule has 1 amide bonds. The number of aryl methyl sites for hydroxylation is 1. The number of rotatable bonds is 6. The molecule has 0 aromatic heterocycles. The van der Waals surface area contributed by atoms with Crippen molar-refractivity contribution in [2.45, 2.75) is 22.6 Å². The molecule has 0 radical (unpaired) electrons. The maximum atomic E-state index is 12.0. The van der Waals surface area contributed by atoms with Crippen LogP contribution in [-0.2, 0) is 21.2 Å². The van der Waals surface area contributed by atoms with Gasteiger partial charge in [0.1, 0.15) is 0 Å². The molecule has 0 aliphatic heterocycles. The van der Waals surface area contributed by atoms with E-state index in [0.717, 1.165) is 16.1 Å². The van der Waals surface area contributed by atoms with Gasteiger partial charge < -0.3 is 5.32 Å². The van der Waals surface area contributed by atoms with Crippen LogP contribution >= 0.6 is 11.8 Å². The van der Waals surface area contributed by atoms with E-state index in [-0.39, 0.29) is 10.8 Å². The summed E-state index contributed by atoms with van der Waals surface area (Å²) in [5.41, 5.74) is 1.68. The second-order valence-corrected chi connectivity index (χ2v) is 7.35. The minimum Gasteiger partial charge on any atom is -0.325 e. The fraction of sp³-hybridized carbons (Fsp3) is 0.188. The van der Waals surface area contributed by atoms with Gasteiger partial charge in [-0.15, -0.1) is 11.8 Å². The van der Waals surface area contributed by atoms with Crippen LogP contribution in [0.25, 0.3) is 0 Å². The lowest BCUT2D eigenvalue weighted by Gasteiger charge is -2.09. The largest absolute Gasteiger partial charge is 0.325 e. The number of thioether (sulfide) groups is 1. The number of nitrogens with one attached hydrogen (secondary N) is 1. The molecule has 0 atom stereocenters. The van der Waals surface area contributed by atoms with Gasteiger partial charge in [0.2, 0.25) is 15.9 Å². The van der Waals surface area contributed by atoms with Gasteiger partial charge in [-0.2, -0.15) is 0 Å². The van der Waals surface area contributed by atoms with Gasteiger partial charge in [0.25, 0.3) is 0 Å². The Balaban J connectivity index is 1.94. The Hall–Kier alpha value is -1.83. The molecule has 0 saturated carbocycles. The van der Waals surface area contributed by atoms with Crippen molar-refractivity contribution in [2.75, 3.05) is 11.6 Å². The lowest BCUT2D eigenvalue weighted by molar-refractivity contribution is -0.116. The summed E-state index contributed by atoms with van der Waals surface area (Å²) in [5.74, 6) is -0.0815. The van der Waals surface area contributed by atoms with Gasteiger partial charge in [0, 0.05) is 11.3 Å². The maximum absolute atomic E-state index is 12.0. The Bertz CT molecular complexity index is 787. The minimum atomic E-state index is -3.68. The standard InChI is InChI=1S/C16H18N2O3S2/c1-22-15-5-3-2-4-14(15)18-16(19)11-8-12-6-9-13(10-7-12)23(17,20)21/h2-7,9-10H,8,11H2,1H3,(H,18,19)(H2,17,20,21). The highest BCUT2D eigenvalue weighted by atomic mass is 32.2. The molecule has 2 aromatic carbocycles. The fourth-order valence-electron chi connectivity index (χ4n) is 2.06. The Labute approximate surface area is 140 Å². The number of para-hydroxylation sites is 1. The molecule has 5 nitrogen and oxygen atoms in total. The summed E-state index contributed by atoms with van der Waals surface area (Å²) in [6, 6.07) is 13.9. The van der Waals surface area contributed by atoms with E-state index in [9.17, 15) is 13.2 Å². The van der Waals surface area contributed by atoms with E-state index in [1.54, 1.807) is 23.9 Å². The van der Waals surface area contributed by atoms with Crippen LogP contribution in [0.2, 0.25) is 0 Å². The van der Waals surface area contributed by atoms with E-state index in [2.05, 4.69) is 5.32 Å². The zero-order chi connectivity index (χ0) is 16.9. The first-order valence-electron chi connectivity index (χ1n) is 6.95. The Morgan fingerprint density at radius 1 is 1.13 bits per heavy atom. The van der Waals surface area contributed by atoms with Crippen molar-refractivity contribution in [3.05, 3.63) is 54.1 Å². The second-order valence-electron chi connectivity index (χ2n) is 4.94. The summed E-state index contributed by atoms with van der Waals surface area (Å²) in [4.78, 5) is 13.1. The first kappa shape index (κ1) is 17.5. The van der Waals surface area contributed by atoms with Gasteiger partial charge in [-0.1, -0.05) is 24.3 Å². The third kappa shape index (κ3) is 5.09. The van der Waals surface area contributed by atoms with Crippen LogP contribution in [0.4, 0.5) is 5.69 Å². The molecule has 0 saturated heterocycles. The lowest BCUT2D eigenvalue weighted by atomic mass is 10.1. The van der Waals surface area contributed by atoms with Crippen molar-refractivity contribution < 1.29 is 13.2 Å². The molecule has 7 heteroatoms. The van der Waals surface area contributed by atoms with Gasteiger partial charge in [-0.3, -0.25) is 4.79 Å². The van der Waals surface area contributed by atoms with Gasteiger partial charge >= 0.3 is 0 Å². The molecule has 0 unspecified atom stereocenters. The average Bonchev–Trinajstić information content (AvgIpc) is 2.53. The van der Waals surface area contributed by atoms with Crippen molar-refractivity contribution in [3.63, 3.8) is 0 Å². The molecular formula is C16H18N2O3S2. The number of anilines is 1. The van der Waals surface area contributed by atoms with Gasteiger partial charge in [-0.25, -0.2) is 13.6 Å². The summed E-state index contributed by atoms with van der Waals surface area (Å²) < 4.78 is 22.4. The average molecular weight is 350 g/mol. The quantitative estimate of drug-likeness (QED) is 0.784. The molecule has 122 valence electrons. The Kier molecular flexibility index (Phi) is 5.81. The zero-order valence-corrected chi connectivity index (χ0v) is 14.3. The van der Waals surface area contributed by atoms with Crippen molar-refractivity contribution in [1.82, 2.24) is 0 Å². The molecule has 0 heterocycles. The number of benzene rings is 2. The summed E-state index contributed by atoms with van der Waals surface area (Å²) in [6.45, 7) is 0. The first-order chi connectivity index (χ1) is 10.9. The van der Waals surface area contributed by atoms with Gasteiger partial charge in [0.05, 0.1) is 10.6 Å². The van der Waals surface area contributed by atoms with Crippen molar-refractivity contribution in [1.29, 1.82) is 0 Å². The number of carbonyl (C=O) groups excluding carboxylic acids is 1. The molecule has 0 aliphatic carbocycles. The molecule has 0 aliphatic rings. The molecule has 3 N–H and O–H groups in total. The van der Waals surface area contributed by atoms with E-state index >= 15 is 0 Å². The zero-order valence-electron chi connectivity index (χ0n) is 12.7. The predicted octanol–water partition coefficient (Wildman–Crippen LogP) is 2.63. The third-order valence-electron chi connectivity index (χ3n) is 3.27. The van der Waals surface area contributed by atoms with E-state index in [0.29, 0.717) is 12.8 Å². The number of carbonyl (C=O) groups is 1. The van der Waals surface area contributed by atoms with Crippen molar-refractivity contribution in [3.8, 4) is 0 Å². The lowest BCUT2D eigenvalue weighted by Crippen LogP contribution is -2.13. The van der Waals surface area contributed by atoms with Crippen molar-refractivity contribution in [2.24, 2.45) is 5.14 Å². The molecule has 0 bridgehead atoms. The number of amides is 1. The topological polar surface area (TPSA) is 89.3 Å². The van der Waals surface area contributed by atoms with Crippen LogP contribution < -0.4 is 10.5 Å². The fourth-order valence-corrected chi connectivity index (χ4v) is 3.13. The second kappa shape index (κ2) is 7.63. The number of hydrogen-bond donors (Lipinski definition) is 2. The highest BCUT2D eigenvalue weighted by Gasteiger charge is 2.09. The highest BCUT2D eigenvalue weighted by Crippen LogP contribution is 2.24. The molecule has 0 spiro atoms. The van der Waals surface area contributed by atoms with Crippen LogP contribution in [0.15, 0.2) is 58.3 Å². The molecule has 0 fully saturated rings. The Morgan fingerprint density at radius 2 is 1.78 bits per heavy atom. The summed E-state index contributed by atoms with van der Waals surface area (Å²) in [6.07, 6.45) is 2.80. The molecular weight excluding hydrogens is 332 g/mol. The summed E-state index contributed by atoms with van der Waals surface area (Å²) >= 11 is 1.57. The highest BCUT2D eigenvalue weighted by molar-refractivity contribution is 7.98. The molecule has 23 heavy (non-hydrogen) atoms. The minimum absolute atomic E-state index is 0.0691. The van der Waals surface area contributed by atoms with Crippen LogP contribution in [0.3, 0.4) is 0 Å². The smallest absolute Gasteiger partial charge is 0.238 e. The van der Waals surface area contributed by atoms with Gasteiger partial charge in [0.15, 0.2) is 0 Å². The van der Waals surface area contributed by atoms with E-state index in [1.165, 1.54) is 12.1 Å². The SMILES string of the molecule is CSc1ccccc1NC(=O)CCc1ccc(S(N)(=O)=O)cc1. The number of hydrogen-bond acceptors (Lipinski definition) is 4. The molecule has 2 aromatic rings. The van der Waals surface area contributed by atoms with Crippen LogP contribution in [-0.4, -0.2) is 20.6 Å². The van der Waals surface area contributed by atoms with E-state index < -0.39 is 10.0 Å². The van der Waals surface area contributed by atoms with E-state index in [1.807, 2.05) is 30.5 Å². The van der Waals surface area contributed by atoms with Gasteiger partial charge in [-0.05, 0) is 42.5 Å². The summed E-state index contributed by atoms with van der Waals surface area (Å²) in [5, 5.41) is 7.94. The monoisotopic (exact) mass is 350 g/mol. The van der Waals surface area contributed by atoms with Crippen LogP contribution in [0, 0.1) is 0 Å². The number of nitrogens with two attached hydrogens (primary N) is 1. The predicted molar refractivity (Wildman–Crippen MR) is 93.0 cm³/mol. The van der Waals surface area contributed by atoms with E-state index in [4.69, 9.17) is 5.14 Å².